The number of rotatable bonds is 8. The summed E-state index contributed by atoms with van der Waals surface area (Å²) >= 11 is 1.85. The topological polar surface area (TPSA) is 29.3 Å². The minimum Gasteiger partial charge on any atom is -0.326 e. The minimum atomic E-state index is 0.231. The Morgan fingerprint density at radius 2 is 2.06 bits per heavy atom. The molecule has 0 aliphatic carbocycles. The highest BCUT2D eigenvalue weighted by molar-refractivity contribution is 7.10. The summed E-state index contributed by atoms with van der Waals surface area (Å²) in [5, 5.41) is 2.18. The van der Waals surface area contributed by atoms with Crippen molar-refractivity contribution in [2.24, 2.45) is 5.73 Å². The lowest BCUT2D eigenvalue weighted by molar-refractivity contribution is 0.208. The van der Waals surface area contributed by atoms with Crippen molar-refractivity contribution < 1.29 is 0 Å². The molecule has 0 aliphatic heterocycles. The fourth-order valence-corrected chi connectivity index (χ4v) is 3.55. The maximum Gasteiger partial charge on any atom is 0.0593 e. The average Bonchev–Trinajstić information content (AvgIpc) is 2.76. The Labute approximate surface area is 116 Å². The van der Waals surface area contributed by atoms with E-state index in [0.717, 1.165) is 13.0 Å². The number of unbranched alkanes of at least 4 members (excludes halogenated alkanes) is 2. The molecule has 0 aromatic carbocycles. The van der Waals surface area contributed by atoms with E-state index in [1.807, 2.05) is 11.3 Å². The monoisotopic (exact) mass is 268 g/mol. The first-order chi connectivity index (χ1) is 8.61. The maximum atomic E-state index is 6.35. The van der Waals surface area contributed by atoms with Gasteiger partial charge >= 0.3 is 0 Å². The lowest BCUT2D eigenvalue weighted by atomic mass is 10.0. The van der Waals surface area contributed by atoms with Gasteiger partial charge in [0.2, 0.25) is 0 Å². The van der Waals surface area contributed by atoms with Crippen LogP contribution in [0.4, 0.5) is 0 Å². The quantitative estimate of drug-likeness (QED) is 0.723. The Bertz CT molecular complexity index is 335. The van der Waals surface area contributed by atoms with Crippen molar-refractivity contribution in [3.05, 3.63) is 21.9 Å². The molecule has 3 heteroatoms. The summed E-state index contributed by atoms with van der Waals surface area (Å²) in [5.41, 5.74) is 7.73. The van der Waals surface area contributed by atoms with Crippen molar-refractivity contribution in [2.45, 2.75) is 58.5 Å². The second-order valence-electron chi connectivity index (χ2n) is 5.17. The molecular formula is C15H28N2S. The Morgan fingerprint density at radius 1 is 1.33 bits per heavy atom. The second kappa shape index (κ2) is 7.93. The average molecular weight is 268 g/mol. The summed E-state index contributed by atoms with van der Waals surface area (Å²) in [6.45, 7) is 7.77. The van der Waals surface area contributed by atoms with Crippen LogP contribution < -0.4 is 5.73 Å². The van der Waals surface area contributed by atoms with Gasteiger partial charge in [-0.05, 0) is 50.4 Å². The highest BCUT2D eigenvalue weighted by Gasteiger charge is 2.25. The second-order valence-corrected chi connectivity index (χ2v) is 6.12. The molecule has 2 nitrogen and oxygen atoms in total. The molecule has 2 atom stereocenters. The van der Waals surface area contributed by atoms with Crippen molar-refractivity contribution in [1.29, 1.82) is 0 Å². The van der Waals surface area contributed by atoms with Gasteiger partial charge in [-0.3, -0.25) is 4.90 Å². The SMILES string of the molecule is CCCCCN(C)C(c1sccc1C)C(N)CC. The van der Waals surface area contributed by atoms with E-state index in [1.54, 1.807) is 0 Å². The Balaban J connectivity index is 2.75. The molecule has 0 fully saturated rings. The summed E-state index contributed by atoms with van der Waals surface area (Å²) < 4.78 is 0. The first-order valence-corrected chi connectivity index (χ1v) is 7.99. The molecule has 1 heterocycles. The van der Waals surface area contributed by atoms with Crippen LogP contribution >= 0.6 is 11.3 Å². The van der Waals surface area contributed by atoms with Gasteiger partial charge in [0.05, 0.1) is 6.04 Å². The van der Waals surface area contributed by atoms with Crippen LogP contribution in [0, 0.1) is 6.92 Å². The van der Waals surface area contributed by atoms with Crippen LogP contribution in [0.5, 0.6) is 0 Å². The predicted octanol–water partition coefficient (Wildman–Crippen LogP) is 3.96. The third-order valence-electron chi connectivity index (χ3n) is 3.64. The summed E-state index contributed by atoms with van der Waals surface area (Å²) in [6.07, 6.45) is 4.88. The largest absolute Gasteiger partial charge is 0.326 e. The molecule has 2 unspecified atom stereocenters. The van der Waals surface area contributed by atoms with Gasteiger partial charge in [0.25, 0.3) is 0 Å². The first kappa shape index (κ1) is 15.7. The van der Waals surface area contributed by atoms with Gasteiger partial charge in [-0.2, -0.15) is 0 Å². The number of likely N-dealkylation sites (N-methyl/N-ethyl adjacent to an activating group) is 1. The molecule has 1 rings (SSSR count). The van der Waals surface area contributed by atoms with Gasteiger partial charge in [-0.25, -0.2) is 0 Å². The van der Waals surface area contributed by atoms with Crippen LogP contribution in [0.25, 0.3) is 0 Å². The van der Waals surface area contributed by atoms with Crippen LogP contribution in [-0.4, -0.2) is 24.5 Å². The highest BCUT2D eigenvalue weighted by Crippen LogP contribution is 2.31. The van der Waals surface area contributed by atoms with Crippen LogP contribution in [-0.2, 0) is 0 Å². The summed E-state index contributed by atoms with van der Waals surface area (Å²) in [5.74, 6) is 0. The van der Waals surface area contributed by atoms with Crippen LogP contribution in [0.2, 0.25) is 0 Å². The number of nitrogens with zero attached hydrogens (tertiary/aromatic N) is 1. The van der Waals surface area contributed by atoms with Crippen molar-refractivity contribution in [3.63, 3.8) is 0 Å². The summed E-state index contributed by atoms with van der Waals surface area (Å²) in [6, 6.07) is 2.82. The number of hydrogen-bond acceptors (Lipinski definition) is 3. The van der Waals surface area contributed by atoms with E-state index < -0.39 is 0 Å². The van der Waals surface area contributed by atoms with E-state index in [4.69, 9.17) is 5.73 Å². The molecule has 1 aromatic heterocycles. The van der Waals surface area contributed by atoms with Gasteiger partial charge in [0.1, 0.15) is 0 Å². The highest BCUT2D eigenvalue weighted by atomic mass is 32.1. The molecule has 1 aromatic rings. The van der Waals surface area contributed by atoms with E-state index >= 15 is 0 Å². The first-order valence-electron chi connectivity index (χ1n) is 7.11. The van der Waals surface area contributed by atoms with E-state index in [2.05, 4.69) is 44.2 Å². The van der Waals surface area contributed by atoms with Gasteiger partial charge in [0.15, 0.2) is 0 Å². The number of thiophene rings is 1. The molecule has 0 amide bonds. The minimum absolute atomic E-state index is 0.231. The van der Waals surface area contributed by atoms with Gasteiger partial charge < -0.3 is 5.73 Å². The molecule has 18 heavy (non-hydrogen) atoms. The van der Waals surface area contributed by atoms with Crippen molar-refractivity contribution in [3.8, 4) is 0 Å². The summed E-state index contributed by atoms with van der Waals surface area (Å²) in [4.78, 5) is 3.89. The molecule has 0 saturated heterocycles. The number of nitrogens with two attached hydrogens (primary N) is 1. The Morgan fingerprint density at radius 3 is 2.56 bits per heavy atom. The van der Waals surface area contributed by atoms with E-state index in [1.165, 1.54) is 29.7 Å². The third kappa shape index (κ3) is 4.08. The fourth-order valence-electron chi connectivity index (χ4n) is 2.38. The Kier molecular flexibility index (Phi) is 6.90. The zero-order valence-electron chi connectivity index (χ0n) is 12.3. The fraction of sp³-hybridized carbons (Fsp3) is 0.733. The normalized spacial score (nSPS) is 15.0. The predicted molar refractivity (Wildman–Crippen MR) is 82.2 cm³/mol. The van der Waals surface area contributed by atoms with E-state index in [0.29, 0.717) is 6.04 Å². The molecule has 0 radical (unpaired) electrons. The van der Waals surface area contributed by atoms with Crippen molar-refractivity contribution >= 4 is 11.3 Å². The molecular weight excluding hydrogens is 240 g/mol. The standard InChI is InChI=1S/C15H28N2S/c1-5-7-8-10-17(4)14(13(16)6-2)15-12(3)9-11-18-15/h9,11,13-14H,5-8,10,16H2,1-4H3. The van der Waals surface area contributed by atoms with Gasteiger partial charge in [0, 0.05) is 10.9 Å². The lowest BCUT2D eigenvalue weighted by Gasteiger charge is -2.32. The van der Waals surface area contributed by atoms with Gasteiger partial charge in [-0.15, -0.1) is 11.3 Å². The number of aryl methyl sites for hydroxylation is 1. The third-order valence-corrected chi connectivity index (χ3v) is 4.73. The van der Waals surface area contributed by atoms with Gasteiger partial charge in [-0.1, -0.05) is 26.7 Å². The molecule has 0 aliphatic rings. The zero-order valence-corrected chi connectivity index (χ0v) is 13.1. The molecule has 0 spiro atoms. The lowest BCUT2D eigenvalue weighted by Crippen LogP contribution is -2.39. The maximum absolute atomic E-state index is 6.35. The van der Waals surface area contributed by atoms with Crippen molar-refractivity contribution in [2.75, 3.05) is 13.6 Å². The molecule has 0 bridgehead atoms. The summed E-state index contributed by atoms with van der Waals surface area (Å²) in [7, 11) is 2.22. The number of hydrogen-bond donors (Lipinski definition) is 1. The smallest absolute Gasteiger partial charge is 0.0593 e. The molecule has 2 N–H and O–H groups in total. The Hall–Kier alpha value is -0.380. The van der Waals surface area contributed by atoms with Crippen LogP contribution in [0.15, 0.2) is 11.4 Å². The van der Waals surface area contributed by atoms with Crippen LogP contribution in [0.1, 0.15) is 56.0 Å². The van der Waals surface area contributed by atoms with E-state index in [9.17, 15) is 0 Å². The molecule has 104 valence electrons. The van der Waals surface area contributed by atoms with Crippen LogP contribution in [0.3, 0.4) is 0 Å². The van der Waals surface area contributed by atoms with E-state index in [-0.39, 0.29) is 6.04 Å². The zero-order chi connectivity index (χ0) is 13.5. The van der Waals surface area contributed by atoms with Crippen molar-refractivity contribution in [1.82, 2.24) is 4.90 Å². The molecule has 0 saturated carbocycles.